The highest BCUT2D eigenvalue weighted by molar-refractivity contribution is 4.89. The van der Waals surface area contributed by atoms with Crippen molar-refractivity contribution in [3.63, 3.8) is 0 Å². The van der Waals surface area contributed by atoms with Crippen molar-refractivity contribution in [3.8, 4) is 0 Å². The standard InChI is InChI=1S/C9H19NO2/c1-2-8-7-9(10,3-5-11)4-6-12-8/h8,11H,2-7,10H2,1H3. The van der Waals surface area contributed by atoms with Crippen LogP contribution in [0, 0.1) is 0 Å². The summed E-state index contributed by atoms with van der Waals surface area (Å²) in [4.78, 5) is 0. The van der Waals surface area contributed by atoms with Crippen LogP contribution in [0.2, 0.25) is 0 Å². The normalized spacial score (nSPS) is 36.8. The van der Waals surface area contributed by atoms with E-state index in [0.29, 0.717) is 12.5 Å². The molecule has 1 aliphatic heterocycles. The van der Waals surface area contributed by atoms with Crippen molar-refractivity contribution in [3.05, 3.63) is 0 Å². The molecule has 1 rings (SSSR count). The minimum Gasteiger partial charge on any atom is -0.396 e. The van der Waals surface area contributed by atoms with Crippen molar-refractivity contribution in [2.75, 3.05) is 13.2 Å². The number of ether oxygens (including phenoxy) is 1. The average Bonchev–Trinajstić information content (AvgIpc) is 2.04. The van der Waals surface area contributed by atoms with Crippen molar-refractivity contribution in [1.82, 2.24) is 0 Å². The van der Waals surface area contributed by atoms with Crippen molar-refractivity contribution < 1.29 is 9.84 Å². The van der Waals surface area contributed by atoms with Gasteiger partial charge in [-0.05, 0) is 25.7 Å². The van der Waals surface area contributed by atoms with Gasteiger partial charge in [0.1, 0.15) is 0 Å². The fraction of sp³-hybridized carbons (Fsp3) is 1.00. The van der Waals surface area contributed by atoms with E-state index in [9.17, 15) is 0 Å². The molecular formula is C9H19NO2. The Morgan fingerprint density at radius 3 is 3.00 bits per heavy atom. The molecule has 0 saturated carbocycles. The van der Waals surface area contributed by atoms with E-state index >= 15 is 0 Å². The molecule has 0 bridgehead atoms. The number of aliphatic hydroxyl groups excluding tert-OH is 1. The highest BCUT2D eigenvalue weighted by atomic mass is 16.5. The van der Waals surface area contributed by atoms with Crippen LogP contribution in [0.5, 0.6) is 0 Å². The lowest BCUT2D eigenvalue weighted by Crippen LogP contribution is -2.48. The van der Waals surface area contributed by atoms with Gasteiger partial charge in [-0.3, -0.25) is 0 Å². The number of aliphatic hydroxyl groups is 1. The third-order valence-electron chi connectivity index (χ3n) is 2.65. The summed E-state index contributed by atoms with van der Waals surface area (Å²) in [6.45, 7) is 3.04. The molecule has 2 atom stereocenters. The summed E-state index contributed by atoms with van der Waals surface area (Å²) in [5.41, 5.74) is 5.92. The van der Waals surface area contributed by atoms with E-state index < -0.39 is 0 Å². The van der Waals surface area contributed by atoms with Gasteiger partial charge in [0.2, 0.25) is 0 Å². The van der Waals surface area contributed by atoms with Crippen LogP contribution < -0.4 is 5.73 Å². The van der Waals surface area contributed by atoms with Crippen LogP contribution in [0.3, 0.4) is 0 Å². The molecule has 12 heavy (non-hydrogen) atoms. The summed E-state index contributed by atoms with van der Waals surface area (Å²) in [5, 5.41) is 8.82. The number of rotatable bonds is 3. The Bertz CT molecular complexity index is 136. The van der Waals surface area contributed by atoms with Crippen LogP contribution in [-0.4, -0.2) is 30.0 Å². The molecule has 0 amide bonds. The molecule has 3 heteroatoms. The minimum atomic E-state index is -0.173. The molecule has 1 saturated heterocycles. The van der Waals surface area contributed by atoms with Gasteiger partial charge in [-0.15, -0.1) is 0 Å². The lowest BCUT2D eigenvalue weighted by atomic mass is 9.84. The van der Waals surface area contributed by atoms with Gasteiger partial charge < -0.3 is 15.6 Å². The van der Waals surface area contributed by atoms with Crippen LogP contribution in [0.1, 0.15) is 32.6 Å². The Morgan fingerprint density at radius 2 is 2.42 bits per heavy atom. The van der Waals surface area contributed by atoms with Gasteiger partial charge >= 0.3 is 0 Å². The predicted octanol–water partition coefficient (Wildman–Crippen LogP) is 0.655. The Morgan fingerprint density at radius 1 is 1.67 bits per heavy atom. The Hall–Kier alpha value is -0.120. The second-order valence-electron chi connectivity index (χ2n) is 3.69. The fourth-order valence-electron chi connectivity index (χ4n) is 1.76. The molecule has 1 heterocycles. The lowest BCUT2D eigenvalue weighted by molar-refractivity contribution is -0.0251. The van der Waals surface area contributed by atoms with Crippen LogP contribution in [-0.2, 0) is 4.74 Å². The maximum Gasteiger partial charge on any atom is 0.0590 e. The summed E-state index contributed by atoms with van der Waals surface area (Å²) >= 11 is 0. The molecule has 0 aliphatic carbocycles. The second kappa shape index (κ2) is 4.21. The SMILES string of the molecule is CCC1CC(N)(CCO)CCO1. The largest absolute Gasteiger partial charge is 0.396 e. The zero-order chi connectivity index (χ0) is 9.03. The van der Waals surface area contributed by atoms with E-state index in [1.165, 1.54) is 0 Å². The van der Waals surface area contributed by atoms with E-state index in [2.05, 4.69) is 6.92 Å². The third-order valence-corrected chi connectivity index (χ3v) is 2.65. The average molecular weight is 173 g/mol. The van der Waals surface area contributed by atoms with Gasteiger partial charge in [0.25, 0.3) is 0 Å². The molecule has 0 spiro atoms. The molecule has 1 fully saturated rings. The monoisotopic (exact) mass is 173 g/mol. The van der Waals surface area contributed by atoms with E-state index in [-0.39, 0.29) is 12.1 Å². The quantitative estimate of drug-likeness (QED) is 0.659. The van der Waals surface area contributed by atoms with Crippen LogP contribution in [0.15, 0.2) is 0 Å². The van der Waals surface area contributed by atoms with Crippen molar-refractivity contribution >= 4 is 0 Å². The molecule has 1 aliphatic rings. The van der Waals surface area contributed by atoms with Crippen molar-refractivity contribution in [2.45, 2.75) is 44.2 Å². The molecule has 0 aromatic carbocycles. The van der Waals surface area contributed by atoms with E-state index in [4.69, 9.17) is 15.6 Å². The topological polar surface area (TPSA) is 55.5 Å². The third kappa shape index (κ3) is 2.44. The van der Waals surface area contributed by atoms with E-state index in [0.717, 1.165) is 25.9 Å². The maximum absolute atomic E-state index is 8.82. The van der Waals surface area contributed by atoms with Crippen molar-refractivity contribution in [2.24, 2.45) is 5.73 Å². The summed E-state index contributed by atoms with van der Waals surface area (Å²) in [5.74, 6) is 0. The molecule has 0 aromatic rings. The highest BCUT2D eigenvalue weighted by Crippen LogP contribution is 2.26. The lowest BCUT2D eigenvalue weighted by Gasteiger charge is -2.37. The molecular weight excluding hydrogens is 154 g/mol. The fourth-order valence-corrected chi connectivity index (χ4v) is 1.76. The maximum atomic E-state index is 8.82. The number of hydrogen-bond donors (Lipinski definition) is 2. The Balaban J connectivity index is 2.43. The number of hydrogen-bond acceptors (Lipinski definition) is 3. The molecule has 3 nitrogen and oxygen atoms in total. The van der Waals surface area contributed by atoms with Gasteiger partial charge in [-0.1, -0.05) is 6.92 Å². The molecule has 0 aromatic heterocycles. The molecule has 72 valence electrons. The summed E-state index contributed by atoms with van der Waals surface area (Å²) in [6.07, 6.45) is 3.79. The van der Waals surface area contributed by atoms with E-state index in [1.807, 2.05) is 0 Å². The summed E-state index contributed by atoms with van der Waals surface area (Å²) in [6, 6.07) is 0. The minimum absolute atomic E-state index is 0.173. The first-order valence-corrected chi connectivity index (χ1v) is 4.71. The Kier molecular flexibility index (Phi) is 3.50. The molecule has 3 N–H and O–H groups in total. The van der Waals surface area contributed by atoms with E-state index in [1.54, 1.807) is 0 Å². The van der Waals surface area contributed by atoms with Crippen LogP contribution in [0.4, 0.5) is 0 Å². The first kappa shape index (κ1) is 9.96. The van der Waals surface area contributed by atoms with Gasteiger partial charge in [-0.25, -0.2) is 0 Å². The Labute approximate surface area is 73.9 Å². The first-order chi connectivity index (χ1) is 5.70. The zero-order valence-corrected chi connectivity index (χ0v) is 7.75. The first-order valence-electron chi connectivity index (χ1n) is 4.71. The summed E-state index contributed by atoms with van der Waals surface area (Å²) in [7, 11) is 0. The molecule has 2 unspecified atom stereocenters. The van der Waals surface area contributed by atoms with Gasteiger partial charge in [0, 0.05) is 18.8 Å². The van der Waals surface area contributed by atoms with Crippen LogP contribution >= 0.6 is 0 Å². The summed E-state index contributed by atoms with van der Waals surface area (Å²) < 4.78 is 5.51. The van der Waals surface area contributed by atoms with Crippen molar-refractivity contribution in [1.29, 1.82) is 0 Å². The zero-order valence-electron chi connectivity index (χ0n) is 7.75. The second-order valence-corrected chi connectivity index (χ2v) is 3.69. The van der Waals surface area contributed by atoms with Gasteiger partial charge in [0.15, 0.2) is 0 Å². The predicted molar refractivity (Wildman–Crippen MR) is 47.9 cm³/mol. The van der Waals surface area contributed by atoms with Crippen LogP contribution in [0.25, 0.3) is 0 Å². The highest BCUT2D eigenvalue weighted by Gasteiger charge is 2.31. The van der Waals surface area contributed by atoms with Gasteiger partial charge in [0.05, 0.1) is 6.10 Å². The smallest absolute Gasteiger partial charge is 0.0590 e. The molecule has 0 radical (unpaired) electrons. The number of nitrogens with two attached hydrogens (primary N) is 1. The van der Waals surface area contributed by atoms with Gasteiger partial charge in [-0.2, -0.15) is 0 Å².